The molecule has 1 rings (SSSR count). The van der Waals surface area contributed by atoms with Crippen LogP contribution >= 0.6 is 0 Å². The lowest BCUT2D eigenvalue weighted by atomic mass is 10.0. The Kier molecular flexibility index (Phi) is 7.65. The van der Waals surface area contributed by atoms with Crippen molar-refractivity contribution in [3.63, 3.8) is 0 Å². The van der Waals surface area contributed by atoms with E-state index in [-0.39, 0.29) is 18.0 Å². The highest BCUT2D eigenvalue weighted by Gasteiger charge is 2.29. The molecule has 1 aliphatic heterocycles. The molecule has 1 aliphatic rings. The highest BCUT2D eigenvalue weighted by atomic mass is 16.6. The molecule has 0 bridgehead atoms. The summed E-state index contributed by atoms with van der Waals surface area (Å²) in [4.78, 5) is 24.8. The number of carbonyl (C=O) groups excluding carboxylic acids is 2. The number of hydrogen-bond donors (Lipinski definition) is 2. The molecule has 1 fully saturated rings. The lowest BCUT2D eigenvalue weighted by Crippen LogP contribution is -2.50. The van der Waals surface area contributed by atoms with Gasteiger partial charge in [0.2, 0.25) is 5.91 Å². The van der Waals surface area contributed by atoms with Crippen molar-refractivity contribution >= 4 is 12.0 Å². The third-order valence-corrected chi connectivity index (χ3v) is 3.66. The Morgan fingerprint density at radius 3 is 2.64 bits per heavy atom. The second-order valence-electron chi connectivity index (χ2n) is 6.95. The molecule has 0 aliphatic carbocycles. The van der Waals surface area contributed by atoms with Crippen molar-refractivity contribution in [2.45, 2.75) is 70.9 Å². The van der Waals surface area contributed by atoms with E-state index >= 15 is 0 Å². The van der Waals surface area contributed by atoms with E-state index in [9.17, 15) is 9.59 Å². The number of likely N-dealkylation sites (tertiary alicyclic amines) is 1. The first-order valence-corrected chi connectivity index (χ1v) is 8.28. The summed E-state index contributed by atoms with van der Waals surface area (Å²) in [5.41, 5.74) is 4.65. The molecule has 128 valence electrons. The van der Waals surface area contributed by atoms with E-state index < -0.39 is 5.60 Å². The summed E-state index contributed by atoms with van der Waals surface area (Å²) in [6, 6.07) is 0.194. The van der Waals surface area contributed by atoms with Crippen molar-refractivity contribution in [3.05, 3.63) is 0 Å². The normalized spacial score (nSPS) is 19.0. The number of amides is 2. The van der Waals surface area contributed by atoms with Crippen LogP contribution in [0.15, 0.2) is 0 Å². The van der Waals surface area contributed by atoms with Gasteiger partial charge in [-0.1, -0.05) is 0 Å². The minimum absolute atomic E-state index is 0.194. The van der Waals surface area contributed by atoms with Gasteiger partial charge in [-0.3, -0.25) is 4.79 Å². The van der Waals surface area contributed by atoms with Crippen LogP contribution < -0.4 is 11.1 Å². The van der Waals surface area contributed by atoms with Crippen LogP contribution in [-0.4, -0.2) is 48.2 Å². The monoisotopic (exact) mass is 313 g/mol. The Morgan fingerprint density at radius 2 is 2.00 bits per heavy atom. The van der Waals surface area contributed by atoms with Crippen LogP contribution in [0.25, 0.3) is 0 Å². The number of nitrogens with one attached hydrogen (secondary N) is 1. The van der Waals surface area contributed by atoms with Crippen molar-refractivity contribution in [3.8, 4) is 0 Å². The fraction of sp³-hybridized carbons (Fsp3) is 0.875. The molecule has 2 amide bonds. The third kappa shape index (κ3) is 7.64. The number of hydrogen-bond acceptors (Lipinski definition) is 4. The Bertz CT molecular complexity index is 366. The van der Waals surface area contributed by atoms with Crippen molar-refractivity contribution < 1.29 is 14.3 Å². The molecule has 22 heavy (non-hydrogen) atoms. The number of ether oxygens (including phenoxy) is 1. The minimum atomic E-state index is -0.457. The van der Waals surface area contributed by atoms with E-state index in [0.29, 0.717) is 6.42 Å². The van der Waals surface area contributed by atoms with Gasteiger partial charge in [0.25, 0.3) is 0 Å². The van der Waals surface area contributed by atoms with Gasteiger partial charge in [-0.2, -0.15) is 0 Å². The lowest BCUT2D eigenvalue weighted by molar-refractivity contribution is -0.118. The quantitative estimate of drug-likeness (QED) is 0.704. The van der Waals surface area contributed by atoms with E-state index in [0.717, 1.165) is 51.7 Å². The maximum absolute atomic E-state index is 12.3. The first-order chi connectivity index (χ1) is 10.3. The first-order valence-electron chi connectivity index (χ1n) is 8.28. The van der Waals surface area contributed by atoms with E-state index in [1.165, 1.54) is 0 Å². The van der Waals surface area contributed by atoms with Crippen molar-refractivity contribution in [1.29, 1.82) is 0 Å². The van der Waals surface area contributed by atoms with Gasteiger partial charge in [-0.05, 0) is 59.4 Å². The minimum Gasteiger partial charge on any atom is -0.444 e. The second-order valence-corrected chi connectivity index (χ2v) is 6.95. The highest BCUT2D eigenvalue weighted by Crippen LogP contribution is 2.20. The maximum atomic E-state index is 12.3. The third-order valence-electron chi connectivity index (χ3n) is 3.66. The molecule has 6 heteroatoms. The molecular weight excluding hydrogens is 282 g/mol. The molecule has 0 spiro atoms. The zero-order valence-electron chi connectivity index (χ0n) is 14.2. The summed E-state index contributed by atoms with van der Waals surface area (Å²) in [5.74, 6) is -0.247. The second kappa shape index (κ2) is 8.98. The van der Waals surface area contributed by atoms with Crippen molar-refractivity contribution in [2.75, 3.05) is 19.6 Å². The van der Waals surface area contributed by atoms with Gasteiger partial charge in [-0.15, -0.1) is 0 Å². The number of nitrogens with zero attached hydrogens (tertiary/aromatic N) is 1. The fourth-order valence-corrected chi connectivity index (χ4v) is 2.59. The number of rotatable bonds is 7. The predicted molar refractivity (Wildman–Crippen MR) is 86.5 cm³/mol. The molecule has 0 aromatic rings. The molecule has 3 N–H and O–H groups in total. The number of nitrogens with two attached hydrogens (primary N) is 1. The number of carbonyl (C=O) groups is 2. The fourth-order valence-electron chi connectivity index (χ4n) is 2.59. The molecule has 0 saturated carbocycles. The van der Waals surface area contributed by atoms with Crippen LogP contribution in [0, 0.1) is 0 Å². The topological polar surface area (TPSA) is 84.7 Å². The van der Waals surface area contributed by atoms with Gasteiger partial charge in [0.1, 0.15) is 5.60 Å². The smallest absolute Gasteiger partial charge is 0.410 e. The summed E-state index contributed by atoms with van der Waals surface area (Å²) in [7, 11) is 0. The first kappa shape index (κ1) is 18.7. The van der Waals surface area contributed by atoms with Crippen molar-refractivity contribution in [2.24, 2.45) is 5.73 Å². The Morgan fingerprint density at radius 1 is 1.27 bits per heavy atom. The van der Waals surface area contributed by atoms with Crippen LogP contribution in [0.1, 0.15) is 59.3 Å². The number of primary amides is 1. The highest BCUT2D eigenvalue weighted by molar-refractivity contribution is 5.73. The van der Waals surface area contributed by atoms with Crippen LogP contribution in [-0.2, 0) is 9.53 Å². The Labute approximate surface area is 133 Å². The SMILES string of the molecule is CC(C)(C)OC(=O)N1CCCCC1CNCCCCC(N)=O. The standard InChI is InChI=1S/C16H31N3O3/c1-16(2,3)22-15(21)19-11-7-5-8-13(19)12-18-10-6-4-9-14(17)20/h13,18H,4-12H2,1-3H3,(H2,17,20). The van der Waals surface area contributed by atoms with Gasteiger partial charge in [-0.25, -0.2) is 4.79 Å². The zero-order chi connectivity index (χ0) is 16.6. The zero-order valence-corrected chi connectivity index (χ0v) is 14.2. The molecule has 0 radical (unpaired) electrons. The van der Waals surface area contributed by atoms with Crippen molar-refractivity contribution in [1.82, 2.24) is 10.2 Å². The molecule has 0 aromatic heterocycles. The van der Waals surface area contributed by atoms with Gasteiger partial charge < -0.3 is 20.7 Å². The molecule has 6 nitrogen and oxygen atoms in total. The summed E-state index contributed by atoms with van der Waals surface area (Å²) in [5, 5.41) is 3.37. The maximum Gasteiger partial charge on any atom is 0.410 e. The van der Waals surface area contributed by atoms with Crippen LogP contribution in [0.3, 0.4) is 0 Å². The summed E-state index contributed by atoms with van der Waals surface area (Å²) in [6.45, 7) is 8.05. The van der Waals surface area contributed by atoms with E-state index in [4.69, 9.17) is 10.5 Å². The molecule has 0 aromatic carbocycles. The van der Waals surface area contributed by atoms with E-state index in [1.54, 1.807) is 0 Å². The molecule has 1 heterocycles. The van der Waals surface area contributed by atoms with Crippen LogP contribution in [0.5, 0.6) is 0 Å². The molecule has 1 atom stereocenters. The van der Waals surface area contributed by atoms with Crippen LogP contribution in [0.2, 0.25) is 0 Å². The van der Waals surface area contributed by atoms with Crippen LogP contribution in [0.4, 0.5) is 4.79 Å². The Balaban J connectivity index is 2.32. The Hall–Kier alpha value is -1.30. The molecule has 1 unspecified atom stereocenters. The average molecular weight is 313 g/mol. The van der Waals surface area contributed by atoms with Gasteiger partial charge >= 0.3 is 6.09 Å². The van der Waals surface area contributed by atoms with E-state index in [2.05, 4.69) is 5.32 Å². The summed E-state index contributed by atoms with van der Waals surface area (Å²) >= 11 is 0. The summed E-state index contributed by atoms with van der Waals surface area (Å²) < 4.78 is 5.49. The largest absolute Gasteiger partial charge is 0.444 e. The van der Waals surface area contributed by atoms with E-state index in [1.807, 2.05) is 25.7 Å². The molecule has 1 saturated heterocycles. The number of unbranched alkanes of at least 4 members (excludes halogenated alkanes) is 1. The summed E-state index contributed by atoms with van der Waals surface area (Å²) in [6.07, 6.45) is 5.14. The lowest BCUT2D eigenvalue weighted by Gasteiger charge is -2.37. The van der Waals surface area contributed by atoms with Gasteiger partial charge in [0.15, 0.2) is 0 Å². The van der Waals surface area contributed by atoms with Gasteiger partial charge in [0, 0.05) is 25.6 Å². The molecular formula is C16H31N3O3. The average Bonchev–Trinajstić information content (AvgIpc) is 2.41. The van der Waals surface area contributed by atoms with Gasteiger partial charge in [0.05, 0.1) is 0 Å². The predicted octanol–water partition coefficient (Wildman–Crippen LogP) is 2.02. The number of piperidine rings is 1.